The molecule has 0 saturated carbocycles. The third-order valence-corrected chi connectivity index (χ3v) is 6.24. The maximum atomic E-state index is 4.78. The minimum atomic E-state index is 0. The van der Waals surface area contributed by atoms with Gasteiger partial charge in [0.05, 0.1) is 0 Å². The minimum Gasteiger partial charge on any atom is -0.357 e. The largest absolute Gasteiger partial charge is 0.357 e. The molecular formula is C25H42IN7. The molecule has 8 heteroatoms. The Balaban J connectivity index is 0.00000385. The molecular weight excluding hydrogens is 525 g/mol. The van der Waals surface area contributed by atoms with Crippen LogP contribution in [0.1, 0.15) is 63.2 Å². The number of guanidine groups is 1. The summed E-state index contributed by atoms with van der Waals surface area (Å²) in [5, 5.41) is 15.7. The number of aromatic nitrogens is 3. The molecule has 33 heavy (non-hydrogen) atoms. The lowest BCUT2D eigenvalue weighted by atomic mass is 10.1. The summed E-state index contributed by atoms with van der Waals surface area (Å²) in [6.45, 7) is 9.01. The predicted molar refractivity (Wildman–Crippen MR) is 147 cm³/mol. The molecule has 1 aromatic carbocycles. The fourth-order valence-electron chi connectivity index (χ4n) is 4.15. The molecule has 7 nitrogen and oxygen atoms in total. The SMILES string of the molecule is CCNC(=NCCCc1nnc2n1CCCCC2)NCCC(C)N(C)Cc1ccccc1.I. The van der Waals surface area contributed by atoms with Crippen molar-refractivity contribution >= 4 is 29.9 Å². The van der Waals surface area contributed by atoms with Gasteiger partial charge in [0, 0.05) is 51.6 Å². The van der Waals surface area contributed by atoms with Gasteiger partial charge in [0.2, 0.25) is 0 Å². The maximum Gasteiger partial charge on any atom is 0.191 e. The monoisotopic (exact) mass is 567 g/mol. The van der Waals surface area contributed by atoms with Crippen molar-refractivity contribution in [1.29, 1.82) is 0 Å². The molecule has 1 aliphatic rings. The van der Waals surface area contributed by atoms with Crippen molar-refractivity contribution in [2.75, 3.05) is 26.7 Å². The number of hydrogen-bond acceptors (Lipinski definition) is 4. The normalized spacial score (nSPS) is 14.8. The molecule has 1 atom stereocenters. The molecule has 0 fully saturated rings. The molecule has 2 N–H and O–H groups in total. The van der Waals surface area contributed by atoms with E-state index >= 15 is 0 Å². The molecule has 2 aromatic rings. The van der Waals surface area contributed by atoms with Crippen LogP contribution in [0, 0.1) is 0 Å². The van der Waals surface area contributed by atoms with Crippen LogP contribution in [-0.4, -0.2) is 58.3 Å². The average Bonchev–Trinajstić information content (AvgIpc) is 3.02. The Morgan fingerprint density at radius 2 is 1.97 bits per heavy atom. The second-order valence-electron chi connectivity index (χ2n) is 8.82. The van der Waals surface area contributed by atoms with Crippen molar-refractivity contribution in [1.82, 2.24) is 30.3 Å². The molecule has 0 spiro atoms. The van der Waals surface area contributed by atoms with Crippen LogP contribution in [0.25, 0.3) is 0 Å². The summed E-state index contributed by atoms with van der Waals surface area (Å²) in [6.07, 6.45) is 7.84. The van der Waals surface area contributed by atoms with Crippen LogP contribution in [0.5, 0.6) is 0 Å². The highest BCUT2D eigenvalue weighted by atomic mass is 127. The van der Waals surface area contributed by atoms with E-state index in [4.69, 9.17) is 4.99 Å². The molecule has 2 heterocycles. The number of aryl methyl sites for hydroxylation is 2. The molecule has 184 valence electrons. The summed E-state index contributed by atoms with van der Waals surface area (Å²) >= 11 is 0. The van der Waals surface area contributed by atoms with Gasteiger partial charge in [0.25, 0.3) is 0 Å². The lowest BCUT2D eigenvalue weighted by molar-refractivity contribution is 0.238. The number of hydrogen-bond donors (Lipinski definition) is 2. The smallest absolute Gasteiger partial charge is 0.191 e. The molecule has 0 aliphatic carbocycles. The van der Waals surface area contributed by atoms with E-state index in [2.05, 4.69) is 81.5 Å². The van der Waals surface area contributed by atoms with E-state index in [1.54, 1.807) is 0 Å². The second kappa shape index (κ2) is 15.3. The molecule has 0 bridgehead atoms. The van der Waals surface area contributed by atoms with E-state index in [0.717, 1.165) is 70.2 Å². The first-order chi connectivity index (χ1) is 15.7. The van der Waals surface area contributed by atoms with E-state index in [0.29, 0.717) is 6.04 Å². The summed E-state index contributed by atoms with van der Waals surface area (Å²) in [6, 6.07) is 11.2. The van der Waals surface area contributed by atoms with E-state index in [1.165, 1.54) is 30.7 Å². The number of aliphatic imine (C=N–C) groups is 1. The first kappa shape index (κ1) is 27.6. The second-order valence-corrected chi connectivity index (χ2v) is 8.82. The van der Waals surface area contributed by atoms with E-state index in [-0.39, 0.29) is 24.0 Å². The third-order valence-electron chi connectivity index (χ3n) is 6.24. The van der Waals surface area contributed by atoms with Gasteiger partial charge < -0.3 is 15.2 Å². The summed E-state index contributed by atoms with van der Waals surface area (Å²) in [5.74, 6) is 3.21. The fraction of sp³-hybridized carbons (Fsp3) is 0.640. The maximum absolute atomic E-state index is 4.78. The molecule has 0 amide bonds. The highest BCUT2D eigenvalue weighted by Crippen LogP contribution is 2.15. The van der Waals surface area contributed by atoms with E-state index in [1.807, 2.05) is 0 Å². The van der Waals surface area contributed by atoms with Crippen LogP contribution in [0.15, 0.2) is 35.3 Å². The number of fused-ring (bicyclic) bond motifs is 1. The Morgan fingerprint density at radius 1 is 1.15 bits per heavy atom. The zero-order valence-electron chi connectivity index (χ0n) is 20.6. The molecule has 1 aromatic heterocycles. The molecule has 1 aliphatic heterocycles. The van der Waals surface area contributed by atoms with Crippen LogP contribution in [0.3, 0.4) is 0 Å². The van der Waals surface area contributed by atoms with Gasteiger partial charge in [0.15, 0.2) is 5.96 Å². The van der Waals surface area contributed by atoms with E-state index < -0.39 is 0 Å². The van der Waals surface area contributed by atoms with Gasteiger partial charge in [-0.2, -0.15) is 0 Å². The van der Waals surface area contributed by atoms with Crippen molar-refractivity contribution in [2.24, 2.45) is 4.99 Å². The highest BCUT2D eigenvalue weighted by Gasteiger charge is 2.14. The van der Waals surface area contributed by atoms with Crippen molar-refractivity contribution in [3.8, 4) is 0 Å². The Labute approximate surface area is 216 Å². The topological polar surface area (TPSA) is 70.4 Å². The fourth-order valence-corrected chi connectivity index (χ4v) is 4.15. The number of nitrogens with zero attached hydrogens (tertiary/aromatic N) is 5. The van der Waals surface area contributed by atoms with Gasteiger partial charge >= 0.3 is 0 Å². The molecule has 0 radical (unpaired) electrons. The van der Waals surface area contributed by atoms with Crippen molar-refractivity contribution in [3.05, 3.63) is 47.5 Å². The lowest BCUT2D eigenvalue weighted by Crippen LogP contribution is -2.40. The van der Waals surface area contributed by atoms with Crippen LogP contribution in [-0.2, 0) is 25.9 Å². The zero-order chi connectivity index (χ0) is 22.6. The van der Waals surface area contributed by atoms with Gasteiger partial charge in [0.1, 0.15) is 11.6 Å². The van der Waals surface area contributed by atoms with Crippen LogP contribution in [0.4, 0.5) is 0 Å². The van der Waals surface area contributed by atoms with Crippen LogP contribution in [0.2, 0.25) is 0 Å². The third kappa shape index (κ3) is 9.23. The lowest BCUT2D eigenvalue weighted by Gasteiger charge is -2.25. The standard InChI is InChI=1S/C25H41N7.HI/c1-4-26-25(28-18-16-21(2)31(3)20-22-12-7-5-8-13-22)27-17-11-15-24-30-29-23-14-9-6-10-19-32(23)24;/h5,7-8,12-13,21H,4,6,9-11,14-20H2,1-3H3,(H2,26,27,28);1H. The Morgan fingerprint density at radius 3 is 2.76 bits per heavy atom. The van der Waals surface area contributed by atoms with Crippen molar-refractivity contribution < 1.29 is 0 Å². The van der Waals surface area contributed by atoms with Gasteiger partial charge in [-0.25, -0.2) is 0 Å². The number of rotatable bonds is 11. The Hall–Kier alpha value is -1.68. The van der Waals surface area contributed by atoms with Crippen LogP contribution >= 0.6 is 24.0 Å². The summed E-state index contributed by atoms with van der Waals surface area (Å²) in [5.41, 5.74) is 1.36. The molecule has 1 unspecified atom stereocenters. The van der Waals surface area contributed by atoms with Crippen molar-refractivity contribution in [3.63, 3.8) is 0 Å². The minimum absolute atomic E-state index is 0. The first-order valence-electron chi connectivity index (χ1n) is 12.3. The predicted octanol–water partition coefficient (Wildman–Crippen LogP) is 4.02. The highest BCUT2D eigenvalue weighted by molar-refractivity contribution is 14.0. The number of halogens is 1. The summed E-state index contributed by atoms with van der Waals surface area (Å²) in [4.78, 5) is 7.18. The van der Waals surface area contributed by atoms with Crippen molar-refractivity contribution in [2.45, 2.75) is 77.9 Å². The summed E-state index contributed by atoms with van der Waals surface area (Å²) in [7, 11) is 2.20. The number of benzene rings is 1. The van der Waals surface area contributed by atoms with Crippen LogP contribution < -0.4 is 10.6 Å². The van der Waals surface area contributed by atoms with E-state index in [9.17, 15) is 0 Å². The zero-order valence-corrected chi connectivity index (χ0v) is 22.9. The number of nitrogens with one attached hydrogen (secondary N) is 2. The Bertz CT molecular complexity index is 821. The molecule has 0 saturated heterocycles. The summed E-state index contributed by atoms with van der Waals surface area (Å²) < 4.78 is 2.34. The quantitative estimate of drug-likeness (QED) is 0.186. The van der Waals surface area contributed by atoms with Gasteiger partial charge in [-0.15, -0.1) is 34.2 Å². The van der Waals surface area contributed by atoms with Gasteiger partial charge in [-0.3, -0.25) is 9.89 Å². The molecule has 3 rings (SSSR count). The van der Waals surface area contributed by atoms with Gasteiger partial charge in [-0.05, 0) is 52.1 Å². The average molecular weight is 568 g/mol. The van der Waals surface area contributed by atoms with Gasteiger partial charge in [-0.1, -0.05) is 36.8 Å². The Kier molecular flexibility index (Phi) is 12.8. The first-order valence-corrected chi connectivity index (χ1v) is 12.3.